The SMILES string of the molecule is CC1CCC(NS(=O)(=O)CCCCNC(C)C)C(C)C1. The highest BCUT2D eigenvalue weighted by molar-refractivity contribution is 7.89. The molecule has 0 radical (unpaired) electrons. The predicted molar refractivity (Wildman–Crippen MR) is 85.3 cm³/mol. The van der Waals surface area contributed by atoms with Crippen LogP contribution in [0.4, 0.5) is 0 Å². The quantitative estimate of drug-likeness (QED) is 0.677. The molecule has 4 nitrogen and oxygen atoms in total. The van der Waals surface area contributed by atoms with Gasteiger partial charge in [0.05, 0.1) is 5.75 Å². The van der Waals surface area contributed by atoms with Crippen molar-refractivity contribution in [1.82, 2.24) is 10.0 Å². The molecule has 1 saturated carbocycles. The molecule has 120 valence electrons. The lowest BCUT2D eigenvalue weighted by atomic mass is 9.80. The summed E-state index contributed by atoms with van der Waals surface area (Å²) in [6, 6.07) is 0.611. The van der Waals surface area contributed by atoms with Crippen LogP contribution in [-0.4, -0.2) is 32.8 Å². The lowest BCUT2D eigenvalue weighted by Gasteiger charge is -2.32. The number of unbranched alkanes of at least 4 members (excludes halogenated alkanes) is 1. The Morgan fingerprint density at radius 2 is 1.85 bits per heavy atom. The Bertz CT molecular complexity index is 368. The van der Waals surface area contributed by atoms with Crippen LogP contribution in [0.15, 0.2) is 0 Å². The molecule has 1 rings (SSSR count). The molecule has 0 aliphatic heterocycles. The fraction of sp³-hybridized carbons (Fsp3) is 1.00. The molecule has 0 amide bonds. The van der Waals surface area contributed by atoms with Crippen molar-refractivity contribution in [1.29, 1.82) is 0 Å². The van der Waals surface area contributed by atoms with Gasteiger partial charge in [0, 0.05) is 12.1 Å². The van der Waals surface area contributed by atoms with Gasteiger partial charge in [0.1, 0.15) is 0 Å². The molecular weight excluding hydrogens is 272 g/mol. The highest BCUT2D eigenvalue weighted by Gasteiger charge is 2.28. The van der Waals surface area contributed by atoms with Crippen molar-refractivity contribution in [3.05, 3.63) is 0 Å². The second kappa shape index (κ2) is 8.35. The molecule has 2 N–H and O–H groups in total. The van der Waals surface area contributed by atoms with E-state index in [-0.39, 0.29) is 11.8 Å². The Morgan fingerprint density at radius 1 is 1.15 bits per heavy atom. The first-order valence-corrected chi connectivity index (χ1v) is 9.69. The van der Waals surface area contributed by atoms with Crippen LogP contribution in [0.1, 0.15) is 59.8 Å². The highest BCUT2D eigenvalue weighted by atomic mass is 32.2. The maximum Gasteiger partial charge on any atom is 0.211 e. The van der Waals surface area contributed by atoms with Crippen molar-refractivity contribution < 1.29 is 8.42 Å². The molecule has 20 heavy (non-hydrogen) atoms. The van der Waals surface area contributed by atoms with Crippen molar-refractivity contribution in [3.63, 3.8) is 0 Å². The van der Waals surface area contributed by atoms with Gasteiger partial charge >= 0.3 is 0 Å². The highest BCUT2D eigenvalue weighted by Crippen LogP contribution is 2.28. The first-order valence-electron chi connectivity index (χ1n) is 8.03. The fourth-order valence-electron chi connectivity index (χ4n) is 2.94. The van der Waals surface area contributed by atoms with Crippen molar-refractivity contribution in [2.24, 2.45) is 11.8 Å². The van der Waals surface area contributed by atoms with E-state index in [4.69, 9.17) is 0 Å². The van der Waals surface area contributed by atoms with Gasteiger partial charge in [-0.3, -0.25) is 0 Å². The zero-order valence-electron chi connectivity index (χ0n) is 13.5. The van der Waals surface area contributed by atoms with Gasteiger partial charge in [0.2, 0.25) is 10.0 Å². The van der Waals surface area contributed by atoms with E-state index in [1.807, 2.05) is 0 Å². The van der Waals surface area contributed by atoms with Crippen molar-refractivity contribution in [3.8, 4) is 0 Å². The standard InChI is InChI=1S/C15H32N2O2S/c1-12(2)16-9-5-6-10-20(18,19)17-15-8-7-13(3)11-14(15)4/h12-17H,5-11H2,1-4H3. The summed E-state index contributed by atoms with van der Waals surface area (Å²) >= 11 is 0. The third kappa shape index (κ3) is 7.04. The summed E-state index contributed by atoms with van der Waals surface area (Å²) < 4.78 is 27.1. The summed E-state index contributed by atoms with van der Waals surface area (Å²) in [5.41, 5.74) is 0. The Morgan fingerprint density at radius 3 is 2.45 bits per heavy atom. The molecule has 3 atom stereocenters. The third-order valence-corrected chi connectivity index (χ3v) is 5.64. The zero-order valence-corrected chi connectivity index (χ0v) is 14.3. The van der Waals surface area contributed by atoms with Gasteiger partial charge < -0.3 is 5.32 Å². The Hall–Kier alpha value is -0.130. The van der Waals surface area contributed by atoms with E-state index in [0.717, 1.165) is 44.6 Å². The molecule has 3 unspecified atom stereocenters. The minimum Gasteiger partial charge on any atom is -0.315 e. The maximum absolute atomic E-state index is 12.1. The first-order chi connectivity index (χ1) is 9.30. The summed E-state index contributed by atoms with van der Waals surface area (Å²) in [4.78, 5) is 0. The molecule has 0 spiro atoms. The van der Waals surface area contributed by atoms with Crippen LogP contribution in [-0.2, 0) is 10.0 Å². The molecule has 0 bridgehead atoms. The average molecular weight is 305 g/mol. The van der Waals surface area contributed by atoms with Crippen molar-refractivity contribution >= 4 is 10.0 Å². The topological polar surface area (TPSA) is 58.2 Å². The second-order valence-corrected chi connectivity index (χ2v) is 8.63. The van der Waals surface area contributed by atoms with E-state index in [1.165, 1.54) is 0 Å². The molecule has 0 aromatic heterocycles. The molecule has 0 aromatic rings. The van der Waals surface area contributed by atoms with E-state index in [2.05, 4.69) is 37.7 Å². The normalized spacial score (nSPS) is 27.9. The summed E-state index contributed by atoms with van der Waals surface area (Å²) in [5.74, 6) is 1.44. The second-order valence-electron chi connectivity index (χ2n) is 6.75. The van der Waals surface area contributed by atoms with Crippen LogP contribution < -0.4 is 10.0 Å². The number of nitrogens with one attached hydrogen (secondary N) is 2. The molecule has 1 fully saturated rings. The molecule has 0 aromatic carbocycles. The van der Waals surface area contributed by atoms with Crippen LogP contribution in [0.2, 0.25) is 0 Å². The largest absolute Gasteiger partial charge is 0.315 e. The Balaban J connectivity index is 2.27. The third-order valence-electron chi connectivity index (χ3n) is 4.15. The fourth-order valence-corrected chi connectivity index (χ4v) is 4.45. The monoisotopic (exact) mass is 304 g/mol. The minimum absolute atomic E-state index is 0.144. The van der Waals surface area contributed by atoms with Gasteiger partial charge in [-0.05, 0) is 50.5 Å². The van der Waals surface area contributed by atoms with E-state index in [9.17, 15) is 8.42 Å². The number of sulfonamides is 1. The molecule has 1 aliphatic carbocycles. The van der Waals surface area contributed by atoms with Gasteiger partial charge in [-0.15, -0.1) is 0 Å². The summed E-state index contributed by atoms with van der Waals surface area (Å²) in [5, 5.41) is 3.31. The van der Waals surface area contributed by atoms with Gasteiger partial charge in [-0.1, -0.05) is 27.7 Å². The van der Waals surface area contributed by atoms with E-state index in [0.29, 0.717) is 12.0 Å². The number of hydrogen-bond donors (Lipinski definition) is 2. The Kier molecular flexibility index (Phi) is 7.48. The van der Waals surface area contributed by atoms with E-state index < -0.39 is 10.0 Å². The van der Waals surface area contributed by atoms with E-state index >= 15 is 0 Å². The van der Waals surface area contributed by atoms with Gasteiger partial charge in [0.25, 0.3) is 0 Å². The molecule has 5 heteroatoms. The van der Waals surface area contributed by atoms with Crippen LogP contribution in [0, 0.1) is 11.8 Å². The smallest absolute Gasteiger partial charge is 0.211 e. The average Bonchev–Trinajstić information content (AvgIpc) is 2.32. The number of rotatable bonds is 8. The summed E-state index contributed by atoms with van der Waals surface area (Å²) in [7, 11) is -3.11. The van der Waals surface area contributed by atoms with Gasteiger partial charge in [-0.25, -0.2) is 13.1 Å². The van der Waals surface area contributed by atoms with Gasteiger partial charge in [0.15, 0.2) is 0 Å². The minimum atomic E-state index is -3.11. The van der Waals surface area contributed by atoms with Crippen LogP contribution in [0.3, 0.4) is 0 Å². The molecular formula is C15H32N2O2S. The lowest BCUT2D eigenvalue weighted by molar-refractivity contribution is 0.249. The van der Waals surface area contributed by atoms with Crippen molar-refractivity contribution in [2.75, 3.05) is 12.3 Å². The first kappa shape index (κ1) is 17.9. The van der Waals surface area contributed by atoms with Gasteiger partial charge in [-0.2, -0.15) is 0 Å². The summed E-state index contributed by atoms with van der Waals surface area (Å²) in [6.07, 6.45) is 4.89. The molecule has 1 aliphatic rings. The van der Waals surface area contributed by atoms with Crippen LogP contribution in [0.25, 0.3) is 0 Å². The molecule has 0 heterocycles. The zero-order chi connectivity index (χ0) is 15.2. The molecule has 0 saturated heterocycles. The summed E-state index contributed by atoms with van der Waals surface area (Å²) in [6.45, 7) is 9.51. The Labute approximate surface area is 125 Å². The number of hydrogen-bond acceptors (Lipinski definition) is 3. The maximum atomic E-state index is 12.1. The lowest BCUT2D eigenvalue weighted by Crippen LogP contribution is -2.43. The van der Waals surface area contributed by atoms with E-state index in [1.54, 1.807) is 0 Å². The van der Waals surface area contributed by atoms with Crippen LogP contribution >= 0.6 is 0 Å². The predicted octanol–water partition coefficient (Wildman–Crippen LogP) is 2.51. The van der Waals surface area contributed by atoms with Crippen LogP contribution in [0.5, 0.6) is 0 Å². The van der Waals surface area contributed by atoms with Crippen molar-refractivity contribution in [2.45, 2.75) is 71.9 Å².